The van der Waals surface area contributed by atoms with Gasteiger partial charge in [0.25, 0.3) is 0 Å². The molecule has 0 aliphatic rings. The summed E-state index contributed by atoms with van der Waals surface area (Å²) in [7, 11) is 4.47. The molecule has 0 aliphatic carbocycles. The van der Waals surface area contributed by atoms with Crippen LogP contribution in [0.15, 0.2) is 42.5 Å². The zero-order valence-corrected chi connectivity index (χ0v) is 19.8. The predicted octanol–water partition coefficient (Wildman–Crippen LogP) is 2.58. The Hall–Kier alpha value is -4.08. The van der Waals surface area contributed by atoms with E-state index < -0.39 is 12.0 Å². The first-order valence-electron chi connectivity index (χ1n) is 10.6. The van der Waals surface area contributed by atoms with E-state index in [1.54, 1.807) is 24.3 Å². The van der Waals surface area contributed by atoms with Crippen LogP contribution < -0.4 is 15.4 Å². The van der Waals surface area contributed by atoms with Crippen LogP contribution in [0, 0.1) is 6.92 Å². The quantitative estimate of drug-likeness (QED) is 0.490. The molecule has 4 amide bonds. The van der Waals surface area contributed by atoms with Crippen LogP contribution in [0.5, 0.6) is 5.75 Å². The molecule has 34 heavy (non-hydrogen) atoms. The average molecular weight is 471 g/mol. The van der Waals surface area contributed by atoms with Crippen molar-refractivity contribution >= 4 is 35.2 Å². The Morgan fingerprint density at radius 2 is 1.62 bits per heavy atom. The number of carbonyl (C=O) groups is 4. The summed E-state index contributed by atoms with van der Waals surface area (Å²) in [6.45, 7) is 1.80. The van der Waals surface area contributed by atoms with Crippen molar-refractivity contribution in [3.63, 3.8) is 0 Å². The van der Waals surface area contributed by atoms with Crippen molar-refractivity contribution in [1.29, 1.82) is 0 Å². The lowest BCUT2D eigenvalue weighted by Gasteiger charge is -2.22. The van der Waals surface area contributed by atoms with E-state index in [-0.39, 0.29) is 37.7 Å². The van der Waals surface area contributed by atoms with E-state index in [0.717, 1.165) is 5.56 Å². The number of carboxylic acid groups (broad SMARTS) is 1. The molecule has 0 unspecified atom stereocenters. The van der Waals surface area contributed by atoms with Crippen LogP contribution in [0.4, 0.5) is 16.2 Å². The summed E-state index contributed by atoms with van der Waals surface area (Å²) in [6.07, 6.45) is -0.141. The lowest BCUT2D eigenvalue weighted by atomic mass is 10.1. The summed E-state index contributed by atoms with van der Waals surface area (Å²) in [5, 5.41) is 14.2. The number of aryl methyl sites for hydroxylation is 1. The summed E-state index contributed by atoms with van der Waals surface area (Å²) in [5.41, 5.74) is 2.69. The maximum absolute atomic E-state index is 12.6. The molecule has 0 radical (unpaired) electrons. The molecule has 0 saturated carbocycles. The second-order valence-electron chi connectivity index (χ2n) is 7.81. The minimum atomic E-state index is -0.997. The molecule has 2 aromatic rings. The number of nitrogens with one attached hydrogen (secondary N) is 2. The third-order valence-corrected chi connectivity index (χ3v) is 5.15. The summed E-state index contributed by atoms with van der Waals surface area (Å²) in [5.74, 6) is -1.25. The topological polar surface area (TPSA) is 128 Å². The molecule has 3 N–H and O–H groups in total. The molecule has 0 aliphatic heterocycles. The largest absolute Gasteiger partial charge is 0.495 e. The smallest absolute Gasteiger partial charge is 0.323 e. The second-order valence-corrected chi connectivity index (χ2v) is 7.81. The number of nitrogens with zero attached hydrogens (tertiary/aromatic N) is 2. The van der Waals surface area contributed by atoms with Crippen molar-refractivity contribution in [1.82, 2.24) is 9.80 Å². The summed E-state index contributed by atoms with van der Waals surface area (Å²) < 4.78 is 5.37. The number of ether oxygens (including phenoxy) is 1. The Kier molecular flexibility index (Phi) is 9.42. The van der Waals surface area contributed by atoms with Gasteiger partial charge in [0.2, 0.25) is 11.8 Å². The molecule has 2 aromatic carbocycles. The van der Waals surface area contributed by atoms with E-state index >= 15 is 0 Å². The van der Waals surface area contributed by atoms with Crippen LogP contribution in [0.25, 0.3) is 0 Å². The minimum absolute atomic E-state index is 0.0225. The monoisotopic (exact) mass is 470 g/mol. The Morgan fingerprint density at radius 3 is 2.26 bits per heavy atom. The number of benzene rings is 2. The van der Waals surface area contributed by atoms with Crippen LogP contribution in [0.1, 0.15) is 17.5 Å². The van der Waals surface area contributed by atoms with Crippen molar-refractivity contribution in [2.75, 3.05) is 44.9 Å². The highest BCUT2D eigenvalue weighted by molar-refractivity contribution is 6.01. The molecular weight excluding hydrogens is 440 g/mol. The number of methoxy groups -OCH3 is 1. The molecule has 0 spiro atoms. The molecule has 0 bridgehead atoms. The van der Waals surface area contributed by atoms with Gasteiger partial charge in [-0.2, -0.15) is 0 Å². The number of aliphatic carboxylic acids is 1. The standard InChI is InChI=1S/C24H30N4O6/c1-16-7-5-6-8-18(16)25-24(33)26-19-10-9-17(13-20(19)34-4)14-21(29)28(3)15-22(30)27(2)12-11-23(31)32/h5-10,13H,11-12,14-15H2,1-4H3,(H,31,32)(H2,25,26,33). The van der Waals surface area contributed by atoms with Crippen LogP contribution in [-0.2, 0) is 20.8 Å². The number of carbonyl (C=O) groups excluding carboxylic acids is 3. The van der Waals surface area contributed by atoms with Crippen LogP contribution in [0.2, 0.25) is 0 Å². The van der Waals surface area contributed by atoms with Crippen LogP contribution in [-0.4, -0.2) is 73.0 Å². The van der Waals surface area contributed by atoms with Gasteiger partial charge in [-0.05, 0) is 36.2 Å². The van der Waals surface area contributed by atoms with Gasteiger partial charge in [0, 0.05) is 26.3 Å². The van der Waals surface area contributed by atoms with E-state index in [1.807, 2.05) is 25.1 Å². The maximum Gasteiger partial charge on any atom is 0.323 e. The first-order chi connectivity index (χ1) is 16.1. The van der Waals surface area contributed by atoms with Gasteiger partial charge in [0.05, 0.1) is 32.2 Å². The first kappa shape index (κ1) is 26.2. The van der Waals surface area contributed by atoms with E-state index in [0.29, 0.717) is 22.7 Å². The van der Waals surface area contributed by atoms with Crippen molar-refractivity contribution < 1.29 is 29.0 Å². The van der Waals surface area contributed by atoms with E-state index in [2.05, 4.69) is 10.6 Å². The molecule has 0 aromatic heterocycles. The summed E-state index contributed by atoms with van der Waals surface area (Å²) in [4.78, 5) is 50.4. The maximum atomic E-state index is 12.6. The lowest BCUT2D eigenvalue weighted by molar-refractivity contribution is -0.140. The number of anilines is 2. The van der Waals surface area contributed by atoms with E-state index in [4.69, 9.17) is 9.84 Å². The second kappa shape index (κ2) is 12.2. The van der Waals surface area contributed by atoms with Gasteiger partial charge in [-0.1, -0.05) is 24.3 Å². The van der Waals surface area contributed by atoms with Gasteiger partial charge >= 0.3 is 12.0 Å². The van der Waals surface area contributed by atoms with Crippen molar-refractivity contribution in [2.45, 2.75) is 19.8 Å². The van der Waals surface area contributed by atoms with Gasteiger partial charge in [-0.25, -0.2) is 4.79 Å². The van der Waals surface area contributed by atoms with Gasteiger partial charge in [-0.3, -0.25) is 14.4 Å². The van der Waals surface area contributed by atoms with Crippen LogP contribution in [0.3, 0.4) is 0 Å². The predicted molar refractivity (Wildman–Crippen MR) is 128 cm³/mol. The zero-order valence-electron chi connectivity index (χ0n) is 19.8. The molecule has 0 fully saturated rings. The van der Waals surface area contributed by atoms with Crippen molar-refractivity contribution in [3.05, 3.63) is 53.6 Å². The Morgan fingerprint density at radius 1 is 0.941 bits per heavy atom. The summed E-state index contributed by atoms with van der Waals surface area (Å²) in [6, 6.07) is 12.0. The summed E-state index contributed by atoms with van der Waals surface area (Å²) >= 11 is 0. The van der Waals surface area contributed by atoms with Crippen molar-refractivity contribution in [2.24, 2.45) is 0 Å². The molecule has 0 heterocycles. The number of rotatable bonds is 10. The number of likely N-dealkylation sites (N-methyl/N-ethyl adjacent to an activating group) is 2. The molecule has 182 valence electrons. The minimum Gasteiger partial charge on any atom is -0.495 e. The third kappa shape index (κ3) is 7.80. The van der Waals surface area contributed by atoms with Crippen LogP contribution >= 0.6 is 0 Å². The molecule has 10 nitrogen and oxygen atoms in total. The first-order valence-corrected chi connectivity index (χ1v) is 10.6. The average Bonchev–Trinajstić information content (AvgIpc) is 2.79. The van der Waals surface area contributed by atoms with E-state index in [1.165, 1.54) is 31.0 Å². The fourth-order valence-corrected chi connectivity index (χ4v) is 3.05. The fraction of sp³-hybridized carbons (Fsp3) is 0.333. The van der Waals surface area contributed by atoms with Gasteiger partial charge in [0.1, 0.15) is 5.75 Å². The SMILES string of the molecule is COc1cc(CC(=O)N(C)CC(=O)N(C)CCC(=O)O)ccc1NC(=O)Nc1ccccc1C. The fourth-order valence-electron chi connectivity index (χ4n) is 3.05. The molecule has 10 heteroatoms. The number of carboxylic acids is 1. The normalized spacial score (nSPS) is 10.2. The Bertz CT molecular complexity index is 1060. The highest BCUT2D eigenvalue weighted by Gasteiger charge is 2.18. The molecule has 2 rings (SSSR count). The van der Waals surface area contributed by atoms with Gasteiger partial charge in [0.15, 0.2) is 0 Å². The number of urea groups is 1. The lowest BCUT2D eigenvalue weighted by Crippen LogP contribution is -2.40. The van der Waals surface area contributed by atoms with Gasteiger partial charge in [-0.15, -0.1) is 0 Å². The number of amides is 4. The van der Waals surface area contributed by atoms with Gasteiger partial charge < -0.3 is 30.3 Å². The highest BCUT2D eigenvalue weighted by atomic mass is 16.5. The molecule has 0 saturated heterocycles. The Labute approximate surface area is 198 Å². The highest BCUT2D eigenvalue weighted by Crippen LogP contribution is 2.26. The number of para-hydroxylation sites is 1. The molecular formula is C24H30N4O6. The number of hydrogen-bond donors (Lipinski definition) is 3. The zero-order chi connectivity index (χ0) is 25.3. The third-order valence-electron chi connectivity index (χ3n) is 5.15. The van der Waals surface area contributed by atoms with E-state index in [9.17, 15) is 19.2 Å². The molecule has 0 atom stereocenters. The number of hydrogen-bond acceptors (Lipinski definition) is 5. The van der Waals surface area contributed by atoms with Crippen molar-refractivity contribution in [3.8, 4) is 5.75 Å². The Balaban J connectivity index is 1.97.